The van der Waals surface area contributed by atoms with Crippen LogP contribution in [0.25, 0.3) is 11.5 Å². The molecule has 1 atom stereocenters. The highest BCUT2D eigenvalue weighted by molar-refractivity contribution is 5.53. The maximum absolute atomic E-state index is 6.16. The van der Waals surface area contributed by atoms with Gasteiger partial charge in [0, 0.05) is 37.5 Å². The number of ether oxygens (including phenoxy) is 1. The maximum Gasteiger partial charge on any atom is 0.258 e. The van der Waals surface area contributed by atoms with E-state index in [0.29, 0.717) is 17.6 Å². The van der Waals surface area contributed by atoms with Crippen molar-refractivity contribution in [2.75, 3.05) is 40.8 Å². The van der Waals surface area contributed by atoms with Crippen LogP contribution in [-0.4, -0.2) is 71.8 Å². The second kappa shape index (κ2) is 10.0. The summed E-state index contributed by atoms with van der Waals surface area (Å²) in [6, 6.07) is 3.68. The van der Waals surface area contributed by atoms with E-state index in [0.717, 1.165) is 38.0 Å². The van der Waals surface area contributed by atoms with Gasteiger partial charge in [-0.15, -0.1) is 6.58 Å². The van der Waals surface area contributed by atoms with Gasteiger partial charge in [-0.25, -0.2) is 4.98 Å². The lowest BCUT2D eigenvalue weighted by molar-refractivity contribution is 0.131. The molecule has 0 fully saturated rings. The van der Waals surface area contributed by atoms with E-state index >= 15 is 0 Å². The first kappa shape index (κ1) is 20.1. The van der Waals surface area contributed by atoms with Gasteiger partial charge in [-0.3, -0.25) is 0 Å². The first-order valence-electron chi connectivity index (χ1n) is 8.85. The fraction of sp³-hybridized carbons (Fsp3) is 0.526. The number of likely N-dealkylation sites (N-methyl/N-ethyl adjacent to an activating group) is 2. The Morgan fingerprint density at radius 1 is 1.31 bits per heavy atom. The largest absolute Gasteiger partial charge is 0.473 e. The molecule has 7 nitrogen and oxygen atoms in total. The molecule has 0 unspecified atom stereocenters. The van der Waals surface area contributed by atoms with E-state index in [9.17, 15) is 0 Å². The molecule has 26 heavy (non-hydrogen) atoms. The Morgan fingerprint density at radius 2 is 2.12 bits per heavy atom. The quantitative estimate of drug-likeness (QED) is 0.571. The molecular formula is C19H29N5O2. The van der Waals surface area contributed by atoms with Crippen LogP contribution in [0.15, 0.2) is 35.5 Å². The monoisotopic (exact) mass is 359 g/mol. The van der Waals surface area contributed by atoms with Crippen LogP contribution in [0, 0.1) is 6.92 Å². The van der Waals surface area contributed by atoms with Crippen molar-refractivity contribution in [3.05, 3.63) is 36.8 Å². The van der Waals surface area contributed by atoms with Gasteiger partial charge in [0.15, 0.2) is 5.82 Å². The molecule has 0 saturated carbocycles. The van der Waals surface area contributed by atoms with Crippen LogP contribution < -0.4 is 4.74 Å². The minimum absolute atomic E-state index is 0.0346. The predicted octanol–water partition coefficient (Wildman–Crippen LogP) is 2.65. The SMILES string of the molecule is C=CCC[C@@H](CN(C)CCN(C)C)Oc1cc(-c2nc(C)no2)ccn1. The van der Waals surface area contributed by atoms with Crippen molar-refractivity contribution in [2.24, 2.45) is 0 Å². The molecule has 0 bridgehead atoms. The lowest BCUT2D eigenvalue weighted by Gasteiger charge is -2.25. The van der Waals surface area contributed by atoms with Gasteiger partial charge in [0.2, 0.25) is 5.88 Å². The number of aromatic nitrogens is 3. The van der Waals surface area contributed by atoms with Crippen LogP contribution in [-0.2, 0) is 0 Å². The van der Waals surface area contributed by atoms with Gasteiger partial charge < -0.3 is 19.1 Å². The first-order valence-corrected chi connectivity index (χ1v) is 8.85. The Morgan fingerprint density at radius 3 is 2.77 bits per heavy atom. The third-order valence-corrected chi connectivity index (χ3v) is 3.93. The topological polar surface area (TPSA) is 67.5 Å². The molecule has 2 rings (SSSR count). The van der Waals surface area contributed by atoms with Crippen LogP contribution in [0.4, 0.5) is 0 Å². The highest BCUT2D eigenvalue weighted by Gasteiger charge is 2.15. The summed E-state index contributed by atoms with van der Waals surface area (Å²) in [7, 11) is 6.27. The summed E-state index contributed by atoms with van der Waals surface area (Å²) in [5, 5.41) is 3.83. The Bertz CT molecular complexity index is 686. The van der Waals surface area contributed by atoms with Gasteiger partial charge in [-0.2, -0.15) is 4.98 Å². The molecule has 7 heteroatoms. The zero-order valence-corrected chi connectivity index (χ0v) is 16.2. The molecule has 0 aromatic carbocycles. The second-order valence-corrected chi connectivity index (χ2v) is 6.70. The van der Waals surface area contributed by atoms with Gasteiger partial charge in [0.25, 0.3) is 5.89 Å². The third-order valence-electron chi connectivity index (χ3n) is 3.93. The van der Waals surface area contributed by atoms with E-state index in [4.69, 9.17) is 9.26 Å². The van der Waals surface area contributed by atoms with Crippen LogP contribution in [0.3, 0.4) is 0 Å². The number of rotatable bonds is 11. The minimum Gasteiger partial charge on any atom is -0.473 e. The molecule has 142 valence electrons. The van der Waals surface area contributed by atoms with E-state index in [1.807, 2.05) is 18.2 Å². The molecule has 2 aromatic rings. The molecule has 2 aromatic heterocycles. The van der Waals surface area contributed by atoms with Crippen LogP contribution in [0.5, 0.6) is 5.88 Å². The fourth-order valence-corrected chi connectivity index (χ4v) is 2.49. The van der Waals surface area contributed by atoms with Crippen LogP contribution in [0.1, 0.15) is 18.7 Å². The summed E-state index contributed by atoms with van der Waals surface area (Å²) in [4.78, 5) is 13.0. The number of hydrogen-bond acceptors (Lipinski definition) is 7. The Labute approximate surface area is 155 Å². The second-order valence-electron chi connectivity index (χ2n) is 6.70. The maximum atomic E-state index is 6.16. The van der Waals surface area contributed by atoms with E-state index in [1.54, 1.807) is 13.1 Å². The zero-order valence-electron chi connectivity index (χ0n) is 16.2. The van der Waals surface area contributed by atoms with E-state index in [2.05, 4.69) is 52.6 Å². The van der Waals surface area contributed by atoms with Crippen molar-refractivity contribution < 1.29 is 9.26 Å². The average molecular weight is 359 g/mol. The molecule has 0 amide bonds. The third kappa shape index (κ3) is 6.57. The van der Waals surface area contributed by atoms with Gasteiger partial charge in [-0.1, -0.05) is 11.2 Å². The van der Waals surface area contributed by atoms with Gasteiger partial charge in [0.1, 0.15) is 6.10 Å². The van der Waals surface area contributed by atoms with Crippen molar-refractivity contribution in [2.45, 2.75) is 25.9 Å². The van der Waals surface area contributed by atoms with Gasteiger partial charge in [0.05, 0.1) is 0 Å². The summed E-state index contributed by atoms with van der Waals surface area (Å²) in [6.07, 6.45) is 5.44. The number of allylic oxidation sites excluding steroid dienone is 1. The molecule has 0 saturated heterocycles. The summed E-state index contributed by atoms with van der Waals surface area (Å²) in [6.45, 7) is 8.42. The highest BCUT2D eigenvalue weighted by atomic mass is 16.5. The molecule has 0 aliphatic carbocycles. The number of pyridine rings is 1. The van der Waals surface area contributed by atoms with Crippen LogP contribution >= 0.6 is 0 Å². The average Bonchev–Trinajstić information content (AvgIpc) is 3.04. The number of hydrogen-bond donors (Lipinski definition) is 0. The number of aryl methyl sites for hydroxylation is 1. The van der Waals surface area contributed by atoms with Crippen molar-refractivity contribution >= 4 is 0 Å². The smallest absolute Gasteiger partial charge is 0.258 e. The van der Waals surface area contributed by atoms with Crippen molar-refractivity contribution in [3.63, 3.8) is 0 Å². The normalized spacial score (nSPS) is 12.5. The van der Waals surface area contributed by atoms with Crippen molar-refractivity contribution in [1.29, 1.82) is 0 Å². The van der Waals surface area contributed by atoms with Crippen LogP contribution in [0.2, 0.25) is 0 Å². The van der Waals surface area contributed by atoms with Gasteiger partial charge in [-0.05, 0) is 47.0 Å². The molecule has 2 heterocycles. The first-order chi connectivity index (χ1) is 12.5. The van der Waals surface area contributed by atoms with Gasteiger partial charge >= 0.3 is 0 Å². The Kier molecular flexibility index (Phi) is 7.74. The van der Waals surface area contributed by atoms with E-state index in [1.165, 1.54) is 0 Å². The summed E-state index contributed by atoms with van der Waals surface area (Å²) in [5.74, 6) is 1.64. The lowest BCUT2D eigenvalue weighted by atomic mass is 10.2. The van der Waals surface area contributed by atoms with Crippen molar-refractivity contribution in [3.8, 4) is 17.3 Å². The Hall–Kier alpha value is -2.25. The van der Waals surface area contributed by atoms with Crippen molar-refractivity contribution in [1.82, 2.24) is 24.9 Å². The summed E-state index contributed by atoms with van der Waals surface area (Å²) < 4.78 is 11.4. The van der Waals surface area contributed by atoms with E-state index in [-0.39, 0.29) is 6.10 Å². The zero-order chi connectivity index (χ0) is 18.9. The number of nitrogens with zero attached hydrogens (tertiary/aromatic N) is 5. The lowest BCUT2D eigenvalue weighted by Crippen LogP contribution is -2.37. The van der Waals surface area contributed by atoms with E-state index < -0.39 is 0 Å². The predicted molar refractivity (Wildman–Crippen MR) is 102 cm³/mol. The highest BCUT2D eigenvalue weighted by Crippen LogP contribution is 2.21. The summed E-state index contributed by atoms with van der Waals surface area (Å²) in [5.41, 5.74) is 0.805. The molecule has 0 aliphatic rings. The molecule has 0 N–H and O–H groups in total. The molecule has 0 spiro atoms. The molecular weight excluding hydrogens is 330 g/mol. The minimum atomic E-state index is 0.0346. The Balaban J connectivity index is 2.03. The molecule has 0 radical (unpaired) electrons. The fourth-order valence-electron chi connectivity index (χ4n) is 2.49. The standard InChI is InChI=1S/C19H29N5O2/c1-6-7-8-17(14-24(5)12-11-23(3)4)25-18-13-16(9-10-20-18)19-21-15(2)22-26-19/h6,9-10,13,17H,1,7-8,11-12,14H2,2-5H3/t17-/m0/s1. The molecule has 0 aliphatic heterocycles. The summed E-state index contributed by atoms with van der Waals surface area (Å²) >= 11 is 0.